The molecule has 0 saturated carbocycles. The molecule has 0 bridgehead atoms. The van der Waals surface area contributed by atoms with Gasteiger partial charge in [0.25, 0.3) is 0 Å². The zero-order chi connectivity index (χ0) is 51.8. The Bertz CT molecular complexity index is 2360. The van der Waals surface area contributed by atoms with Crippen molar-refractivity contribution in [3.8, 4) is 0 Å². The molecule has 6 aromatic rings. The van der Waals surface area contributed by atoms with Crippen LogP contribution >= 0.6 is 0 Å². The van der Waals surface area contributed by atoms with Crippen LogP contribution in [0.3, 0.4) is 0 Å². The second-order valence-electron chi connectivity index (χ2n) is 19.7. The fourth-order valence-electron chi connectivity index (χ4n) is 9.40. The maximum atomic E-state index is 12.6. The molecule has 1 aliphatic heterocycles. The summed E-state index contributed by atoms with van der Waals surface area (Å²) in [5, 5.41) is 12.6. The summed E-state index contributed by atoms with van der Waals surface area (Å²) in [6.45, 7) is 4.21. The molecule has 0 aliphatic carbocycles. The van der Waals surface area contributed by atoms with E-state index in [0.29, 0.717) is 32.8 Å². The molecule has 75 heavy (non-hydrogen) atoms. The number of aliphatic hydroxyl groups excluding tert-OH is 1. The van der Waals surface area contributed by atoms with Crippen LogP contribution in [-0.2, 0) is 77.5 Å². The minimum absolute atomic E-state index is 0.0183. The lowest BCUT2D eigenvalue weighted by molar-refractivity contribution is -0.347. The SMILES string of the molecule is CCCCCCCCCCC/C=C/C[C@@H](OCc1ccccc1)[C@H](O[C@@H]1O[C@H](COCc2ccccc2)[C@H](OCc2ccccc2)[C@H](OCc2ccccc2)[C@H]1OCc1ccccc1)[C@H](O)COCc1ccccc1. The zero-order valence-corrected chi connectivity index (χ0v) is 44.2. The number of ether oxygens (including phenoxy) is 8. The van der Waals surface area contributed by atoms with Gasteiger partial charge in [0.2, 0.25) is 0 Å². The van der Waals surface area contributed by atoms with E-state index >= 15 is 0 Å². The second kappa shape index (κ2) is 34.4. The lowest BCUT2D eigenvalue weighted by Crippen LogP contribution is -2.63. The van der Waals surface area contributed by atoms with Crippen molar-refractivity contribution in [2.75, 3.05) is 13.2 Å². The summed E-state index contributed by atoms with van der Waals surface area (Å²) in [4.78, 5) is 0. The molecular weight excluding hydrogens is 937 g/mol. The Kier molecular flexibility index (Phi) is 26.3. The molecule has 1 N–H and O–H groups in total. The highest BCUT2D eigenvalue weighted by molar-refractivity contribution is 5.18. The van der Waals surface area contributed by atoms with Crippen LogP contribution in [-0.4, -0.2) is 67.3 Å². The van der Waals surface area contributed by atoms with Crippen LogP contribution in [0.25, 0.3) is 0 Å². The van der Waals surface area contributed by atoms with Crippen LogP contribution < -0.4 is 0 Å². The Hall–Kier alpha value is -5.30. The van der Waals surface area contributed by atoms with Gasteiger partial charge in [-0.1, -0.05) is 252 Å². The number of unbranched alkanes of at least 4 members (excludes halogenated alkanes) is 9. The van der Waals surface area contributed by atoms with Crippen molar-refractivity contribution in [3.63, 3.8) is 0 Å². The van der Waals surface area contributed by atoms with E-state index in [0.717, 1.165) is 46.2 Å². The maximum Gasteiger partial charge on any atom is 0.187 e. The van der Waals surface area contributed by atoms with E-state index in [2.05, 4.69) is 19.1 Å². The number of hydrogen-bond acceptors (Lipinski definition) is 9. The van der Waals surface area contributed by atoms with E-state index in [9.17, 15) is 5.11 Å². The summed E-state index contributed by atoms with van der Waals surface area (Å²) in [5.74, 6) is 0. The van der Waals surface area contributed by atoms with E-state index in [1.807, 2.05) is 182 Å². The Morgan fingerprint density at radius 2 is 0.867 bits per heavy atom. The van der Waals surface area contributed by atoms with Gasteiger partial charge >= 0.3 is 0 Å². The molecule has 9 heteroatoms. The molecule has 1 fully saturated rings. The first kappa shape index (κ1) is 57.4. The van der Waals surface area contributed by atoms with Crippen molar-refractivity contribution >= 4 is 0 Å². The molecule has 1 aliphatic rings. The lowest BCUT2D eigenvalue weighted by Gasteiger charge is -2.47. The highest BCUT2D eigenvalue weighted by Crippen LogP contribution is 2.34. The van der Waals surface area contributed by atoms with Crippen LogP contribution in [0.1, 0.15) is 111 Å². The first-order chi connectivity index (χ1) is 37.1. The zero-order valence-electron chi connectivity index (χ0n) is 44.2. The van der Waals surface area contributed by atoms with Gasteiger partial charge in [0.05, 0.1) is 59.0 Å². The quantitative estimate of drug-likeness (QED) is 0.0305. The van der Waals surface area contributed by atoms with Gasteiger partial charge in [0.15, 0.2) is 6.29 Å². The van der Waals surface area contributed by atoms with E-state index in [1.165, 1.54) is 51.4 Å². The van der Waals surface area contributed by atoms with Crippen molar-refractivity contribution in [1.29, 1.82) is 0 Å². The Labute approximate surface area is 448 Å². The van der Waals surface area contributed by atoms with Crippen LogP contribution in [0, 0.1) is 0 Å². The summed E-state index contributed by atoms with van der Waals surface area (Å²) in [7, 11) is 0. The van der Waals surface area contributed by atoms with Gasteiger partial charge in [0.1, 0.15) is 36.6 Å². The molecule has 0 radical (unpaired) electrons. The Balaban J connectivity index is 1.21. The van der Waals surface area contributed by atoms with E-state index in [1.54, 1.807) is 0 Å². The first-order valence-corrected chi connectivity index (χ1v) is 27.6. The number of rotatable bonds is 36. The molecule has 0 spiro atoms. The van der Waals surface area contributed by atoms with Crippen LogP contribution in [0.4, 0.5) is 0 Å². The van der Waals surface area contributed by atoms with Gasteiger partial charge in [-0.15, -0.1) is 0 Å². The third-order valence-corrected chi connectivity index (χ3v) is 13.6. The highest BCUT2D eigenvalue weighted by Gasteiger charge is 2.51. The summed E-state index contributed by atoms with van der Waals surface area (Å²) in [6, 6.07) is 60.5. The normalized spacial score (nSPS) is 19.0. The van der Waals surface area contributed by atoms with Crippen molar-refractivity contribution in [1.82, 2.24) is 0 Å². The fraction of sp³-hybridized carbons (Fsp3) is 0.424. The molecule has 6 aromatic carbocycles. The summed E-state index contributed by atoms with van der Waals surface area (Å²) in [6.07, 6.45) is 10.6. The molecule has 1 saturated heterocycles. The summed E-state index contributed by atoms with van der Waals surface area (Å²) < 4.78 is 55.3. The molecular formula is C66H82O9. The molecule has 7 rings (SSSR count). The average molecular weight is 1020 g/mol. The van der Waals surface area contributed by atoms with Crippen molar-refractivity contribution in [3.05, 3.63) is 228 Å². The minimum Gasteiger partial charge on any atom is -0.388 e. The van der Waals surface area contributed by atoms with Gasteiger partial charge in [0, 0.05) is 0 Å². The van der Waals surface area contributed by atoms with Crippen molar-refractivity contribution in [2.24, 2.45) is 0 Å². The number of aliphatic hydroxyl groups is 1. The topological polar surface area (TPSA) is 94.1 Å². The van der Waals surface area contributed by atoms with Gasteiger partial charge in [-0.2, -0.15) is 0 Å². The van der Waals surface area contributed by atoms with Crippen LogP contribution in [0.15, 0.2) is 194 Å². The molecule has 8 atom stereocenters. The van der Waals surface area contributed by atoms with E-state index in [4.69, 9.17) is 37.9 Å². The maximum absolute atomic E-state index is 12.6. The number of benzene rings is 6. The van der Waals surface area contributed by atoms with Crippen LogP contribution in [0.5, 0.6) is 0 Å². The molecule has 0 aromatic heterocycles. The highest BCUT2D eigenvalue weighted by atomic mass is 16.7. The van der Waals surface area contributed by atoms with Gasteiger partial charge in [-0.3, -0.25) is 0 Å². The number of allylic oxidation sites excluding steroid dienone is 1. The average Bonchev–Trinajstić information content (AvgIpc) is 3.46. The predicted octanol–water partition coefficient (Wildman–Crippen LogP) is 14.1. The molecule has 1 heterocycles. The molecule has 0 unspecified atom stereocenters. The van der Waals surface area contributed by atoms with Crippen molar-refractivity contribution < 1.29 is 43.0 Å². The Morgan fingerprint density at radius 3 is 1.36 bits per heavy atom. The van der Waals surface area contributed by atoms with Gasteiger partial charge in [-0.25, -0.2) is 0 Å². The van der Waals surface area contributed by atoms with Crippen molar-refractivity contribution in [2.45, 2.75) is 166 Å². The molecule has 9 nitrogen and oxygen atoms in total. The third-order valence-electron chi connectivity index (χ3n) is 13.6. The third kappa shape index (κ3) is 21.0. The predicted molar refractivity (Wildman–Crippen MR) is 297 cm³/mol. The summed E-state index contributed by atoms with van der Waals surface area (Å²) in [5.41, 5.74) is 6.02. The largest absolute Gasteiger partial charge is 0.388 e. The van der Waals surface area contributed by atoms with Gasteiger partial charge in [-0.05, 0) is 52.6 Å². The van der Waals surface area contributed by atoms with E-state index in [-0.39, 0.29) is 26.4 Å². The minimum atomic E-state index is -1.14. The monoisotopic (exact) mass is 1020 g/mol. The standard InChI is InChI=1S/C66H82O9/c1-2-3-4-5-6-7-8-9-10-11-12-31-44-60(70-47-55-36-23-15-24-37-55)62(59(67)51-68-45-53-32-19-13-20-33-53)75-66-65(73-50-58-42-29-18-30-43-58)64(72-49-57-40-27-17-28-41-57)63(71-48-56-38-25-16-26-39-56)61(74-66)52-69-46-54-34-21-14-22-35-54/h12-43,59-67H,2-11,44-52H2,1H3/b31-12+/t59-,60-,61-,62-,63+,64+,65-,66+/m1/s1. The Morgan fingerprint density at radius 1 is 0.453 bits per heavy atom. The van der Waals surface area contributed by atoms with E-state index < -0.39 is 49.0 Å². The lowest BCUT2D eigenvalue weighted by atomic mass is 9.97. The molecule has 400 valence electrons. The van der Waals surface area contributed by atoms with Gasteiger partial charge < -0.3 is 43.0 Å². The van der Waals surface area contributed by atoms with Crippen LogP contribution in [0.2, 0.25) is 0 Å². The smallest absolute Gasteiger partial charge is 0.187 e. The molecule has 0 amide bonds. The fourth-order valence-corrected chi connectivity index (χ4v) is 9.40. The first-order valence-electron chi connectivity index (χ1n) is 27.6. The number of hydrogen-bond donors (Lipinski definition) is 1. The second-order valence-corrected chi connectivity index (χ2v) is 19.7. The summed E-state index contributed by atoms with van der Waals surface area (Å²) >= 11 is 0.